The zero-order valence-corrected chi connectivity index (χ0v) is 23.8. The molecular weight excluding hydrogens is 556 g/mol. The van der Waals surface area contributed by atoms with Gasteiger partial charge in [0.2, 0.25) is 11.9 Å². The third-order valence-electron chi connectivity index (χ3n) is 7.29. The fraction of sp³-hybridized carbons (Fsp3) is 0.357. The van der Waals surface area contributed by atoms with Gasteiger partial charge < -0.3 is 20.3 Å². The number of piperazine rings is 1. The van der Waals surface area contributed by atoms with Crippen LogP contribution in [0.1, 0.15) is 18.1 Å². The van der Waals surface area contributed by atoms with Crippen molar-refractivity contribution in [3.8, 4) is 16.9 Å². The molecule has 1 saturated heterocycles. The van der Waals surface area contributed by atoms with Gasteiger partial charge >= 0.3 is 6.61 Å². The normalized spacial score (nSPS) is 15.3. The second kappa shape index (κ2) is 12.2. The molecule has 218 valence electrons. The molecule has 1 unspecified atom stereocenters. The zero-order valence-electron chi connectivity index (χ0n) is 23.0. The number of hydrogen-bond acceptors (Lipinski definition) is 7. The van der Waals surface area contributed by atoms with E-state index in [2.05, 4.69) is 9.97 Å². The Balaban J connectivity index is 0.00000387. The number of nitrogens with two attached hydrogens (primary N) is 1. The summed E-state index contributed by atoms with van der Waals surface area (Å²) in [6, 6.07) is 10.4. The highest BCUT2D eigenvalue weighted by molar-refractivity contribution is 5.85. The quantitative estimate of drug-likeness (QED) is 0.353. The van der Waals surface area contributed by atoms with Gasteiger partial charge in [-0.15, -0.1) is 12.4 Å². The molecule has 0 bridgehead atoms. The van der Waals surface area contributed by atoms with E-state index in [0.29, 0.717) is 42.0 Å². The van der Waals surface area contributed by atoms with Crippen LogP contribution in [0.2, 0.25) is 0 Å². The molecule has 2 aromatic heterocycles. The van der Waals surface area contributed by atoms with Crippen molar-refractivity contribution in [2.24, 2.45) is 12.8 Å². The fourth-order valence-electron chi connectivity index (χ4n) is 5.21. The van der Waals surface area contributed by atoms with Gasteiger partial charge in [-0.05, 0) is 37.6 Å². The Morgan fingerprint density at radius 2 is 1.85 bits per heavy atom. The highest BCUT2D eigenvalue weighted by Gasteiger charge is 2.28. The van der Waals surface area contributed by atoms with Gasteiger partial charge in [0, 0.05) is 56.2 Å². The van der Waals surface area contributed by atoms with Crippen LogP contribution in [-0.2, 0) is 18.4 Å². The van der Waals surface area contributed by atoms with Crippen molar-refractivity contribution in [1.82, 2.24) is 24.2 Å². The van der Waals surface area contributed by atoms with Crippen molar-refractivity contribution in [1.29, 1.82) is 0 Å². The van der Waals surface area contributed by atoms with Gasteiger partial charge in [0.05, 0.1) is 24.0 Å². The molecule has 41 heavy (non-hydrogen) atoms. The third-order valence-corrected chi connectivity index (χ3v) is 7.29. The number of amides is 1. The van der Waals surface area contributed by atoms with Crippen molar-refractivity contribution < 1.29 is 18.3 Å². The zero-order chi connectivity index (χ0) is 28.6. The van der Waals surface area contributed by atoms with Crippen molar-refractivity contribution in [2.45, 2.75) is 33.0 Å². The summed E-state index contributed by atoms with van der Waals surface area (Å²) in [7, 11) is 1.64. The molecule has 2 aromatic carbocycles. The number of nitrogens with zero attached hydrogens (tertiary/aromatic N) is 6. The molecule has 0 spiro atoms. The lowest BCUT2D eigenvalue weighted by Crippen LogP contribution is -2.55. The Bertz CT molecular complexity index is 1610. The van der Waals surface area contributed by atoms with Crippen LogP contribution in [0.25, 0.3) is 22.0 Å². The highest BCUT2D eigenvalue weighted by Crippen LogP contribution is 2.27. The number of benzene rings is 2. The standard InChI is InChI=1S/C28H31F2N7O3.ClH/c1-17-4-7-24(40-27(29)30)20(10-17)16-37-23-11-19(5-6-22(23)26(39)34(37)3)21-13-32-28(33-14-21)35-8-9-36(18(2)15-35)25(38)12-31;/h4-7,10-11,13-14,18,27H,8-9,12,15-16,31H2,1-3H3;1H. The van der Waals surface area contributed by atoms with Crippen LogP contribution < -0.4 is 20.9 Å². The number of rotatable bonds is 7. The minimum Gasteiger partial charge on any atom is -0.434 e. The second-order valence-electron chi connectivity index (χ2n) is 9.97. The van der Waals surface area contributed by atoms with Gasteiger partial charge in [-0.25, -0.2) is 9.97 Å². The molecule has 13 heteroatoms. The number of carbonyl (C=O) groups excluding carboxylic acids is 1. The van der Waals surface area contributed by atoms with E-state index in [4.69, 9.17) is 10.5 Å². The van der Waals surface area contributed by atoms with E-state index in [-0.39, 0.29) is 48.8 Å². The van der Waals surface area contributed by atoms with E-state index in [1.54, 1.807) is 47.2 Å². The SMILES string of the molecule is Cc1ccc(OC(F)F)c(Cn2c3cc(-c4cnc(N5CCN(C(=O)CN)C(C)C5)nc4)ccc3c(=O)n2C)c1.Cl. The van der Waals surface area contributed by atoms with Gasteiger partial charge in [0.25, 0.3) is 5.56 Å². The van der Waals surface area contributed by atoms with Crippen LogP contribution >= 0.6 is 12.4 Å². The predicted octanol–water partition coefficient (Wildman–Crippen LogP) is 3.17. The molecule has 5 rings (SSSR count). The average Bonchev–Trinajstić information content (AvgIpc) is 3.18. The molecule has 1 amide bonds. The number of hydrogen-bond donors (Lipinski definition) is 1. The Morgan fingerprint density at radius 1 is 1.12 bits per heavy atom. The number of fused-ring (bicyclic) bond motifs is 1. The topological polar surface area (TPSA) is 112 Å². The van der Waals surface area contributed by atoms with Crippen molar-refractivity contribution >= 4 is 35.2 Å². The molecule has 0 radical (unpaired) electrons. The first-order chi connectivity index (χ1) is 19.2. The monoisotopic (exact) mass is 587 g/mol. The van der Waals surface area contributed by atoms with Crippen LogP contribution in [0.5, 0.6) is 5.75 Å². The minimum atomic E-state index is -2.96. The predicted molar refractivity (Wildman–Crippen MR) is 155 cm³/mol. The van der Waals surface area contributed by atoms with E-state index in [0.717, 1.165) is 16.7 Å². The Kier molecular flexibility index (Phi) is 8.93. The van der Waals surface area contributed by atoms with Gasteiger partial charge in [-0.3, -0.25) is 19.0 Å². The van der Waals surface area contributed by atoms with E-state index in [1.165, 1.54) is 10.7 Å². The molecule has 1 aliphatic rings. The lowest BCUT2D eigenvalue weighted by Gasteiger charge is -2.39. The van der Waals surface area contributed by atoms with E-state index < -0.39 is 6.61 Å². The summed E-state index contributed by atoms with van der Waals surface area (Å²) in [5.74, 6) is 0.565. The molecule has 1 atom stereocenters. The first-order valence-electron chi connectivity index (χ1n) is 13.0. The molecule has 0 saturated carbocycles. The van der Waals surface area contributed by atoms with Crippen LogP contribution in [-0.4, -0.2) is 69.0 Å². The summed E-state index contributed by atoms with van der Waals surface area (Å²) in [6.45, 7) is 2.79. The summed E-state index contributed by atoms with van der Waals surface area (Å²) in [5.41, 5.74) is 8.96. The van der Waals surface area contributed by atoms with Crippen molar-refractivity contribution in [3.05, 3.63) is 70.3 Å². The summed E-state index contributed by atoms with van der Waals surface area (Å²) in [5, 5.41) is 0.506. The molecular formula is C28H32ClF2N7O3. The molecule has 1 aliphatic heterocycles. The first kappa shape index (κ1) is 29.9. The molecule has 3 heterocycles. The number of carbonyl (C=O) groups is 1. The summed E-state index contributed by atoms with van der Waals surface area (Å²) < 4.78 is 34.0. The molecule has 2 N–H and O–H groups in total. The summed E-state index contributed by atoms with van der Waals surface area (Å²) in [6.07, 6.45) is 3.46. The number of ether oxygens (including phenoxy) is 1. The second-order valence-corrected chi connectivity index (χ2v) is 9.97. The fourth-order valence-corrected chi connectivity index (χ4v) is 5.21. The lowest BCUT2D eigenvalue weighted by atomic mass is 10.1. The first-order valence-corrected chi connectivity index (χ1v) is 13.0. The molecule has 1 fully saturated rings. The van der Waals surface area contributed by atoms with E-state index >= 15 is 0 Å². The van der Waals surface area contributed by atoms with Gasteiger partial charge in [-0.2, -0.15) is 8.78 Å². The Labute approximate surface area is 241 Å². The van der Waals surface area contributed by atoms with Crippen LogP contribution in [0.3, 0.4) is 0 Å². The minimum absolute atomic E-state index is 0. The molecule has 10 nitrogen and oxygen atoms in total. The molecule has 0 aliphatic carbocycles. The summed E-state index contributed by atoms with van der Waals surface area (Å²) in [4.78, 5) is 38.0. The van der Waals surface area contributed by atoms with Crippen LogP contribution in [0.4, 0.5) is 14.7 Å². The summed E-state index contributed by atoms with van der Waals surface area (Å²) >= 11 is 0. The number of anilines is 1. The number of aromatic nitrogens is 4. The number of aryl methyl sites for hydroxylation is 1. The van der Waals surface area contributed by atoms with Gasteiger partial charge in [0.15, 0.2) is 0 Å². The van der Waals surface area contributed by atoms with Crippen molar-refractivity contribution in [3.63, 3.8) is 0 Å². The smallest absolute Gasteiger partial charge is 0.387 e. The van der Waals surface area contributed by atoms with Crippen LogP contribution in [0.15, 0.2) is 53.6 Å². The van der Waals surface area contributed by atoms with E-state index in [9.17, 15) is 18.4 Å². The largest absolute Gasteiger partial charge is 0.434 e. The third kappa shape index (κ3) is 6.03. The number of alkyl halides is 2. The van der Waals surface area contributed by atoms with Crippen LogP contribution in [0, 0.1) is 6.92 Å². The number of halogens is 3. The Hall–Kier alpha value is -4.03. The maximum Gasteiger partial charge on any atom is 0.387 e. The van der Waals surface area contributed by atoms with E-state index in [1.807, 2.05) is 30.9 Å². The van der Waals surface area contributed by atoms with Gasteiger partial charge in [-0.1, -0.05) is 23.8 Å². The van der Waals surface area contributed by atoms with Gasteiger partial charge in [0.1, 0.15) is 5.75 Å². The Morgan fingerprint density at radius 3 is 2.51 bits per heavy atom. The maximum absolute atomic E-state index is 13.0. The maximum atomic E-state index is 13.0. The highest BCUT2D eigenvalue weighted by atomic mass is 35.5. The molecule has 4 aromatic rings. The lowest BCUT2D eigenvalue weighted by molar-refractivity contribution is -0.132. The van der Waals surface area contributed by atoms with Crippen molar-refractivity contribution in [2.75, 3.05) is 31.1 Å². The average molecular weight is 588 g/mol.